The summed E-state index contributed by atoms with van der Waals surface area (Å²) in [7, 11) is 1.63. The van der Waals surface area contributed by atoms with Gasteiger partial charge in [0.05, 0.1) is 25.1 Å². The summed E-state index contributed by atoms with van der Waals surface area (Å²) in [5.74, 6) is 1.87. The molecule has 134 valence electrons. The topological polar surface area (TPSA) is 80.3 Å². The number of hydrogen-bond acceptors (Lipinski definition) is 6. The van der Waals surface area contributed by atoms with E-state index < -0.39 is 0 Å². The van der Waals surface area contributed by atoms with Gasteiger partial charge in [-0.2, -0.15) is 0 Å². The Labute approximate surface area is 151 Å². The van der Waals surface area contributed by atoms with Gasteiger partial charge in [-0.1, -0.05) is 11.8 Å². The molecule has 0 aliphatic carbocycles. The predicted octanol–water partition coefficient (Wildman–Crippen LogP) is 2.21. The van der Waals surface area contributed by atoms with E-state index in [4.69, 9.17) is 9.47 Å². The van der Waals surface area contributed by atoms with Gasteiger partial charge in [-0.05, 0) is 38.1 Å². The smallest absolute Gasteiger partial charge is 0.233 e. The maximum absolute atomic E-state index is 12.4. The molecule has 1 aromatic heterocycles. The number of nitrogens with one attached hydrogen (secondary N) is 1. The molecule has 3 rings (SSSR count). The lowest BCUT2D eigenvalue weighted by atomic mass is 10.2. The van der Waals surface area contributed by atoms with Crippen LogP contribution in [-0.2, 0) is 9.53 Å². The molecule has 1 saturated heterocycles. The van der Waals surface area contributed by atoms with Crippen LogP contribution in [-0.4, -0.2) is 64.1 Å². The Morgan fingerprint density at radius 1 is 1.32 bits per heavy atom. The number of rotatable bonds is 5. The zero-order chi connectivity index (χ0) is 17.8. The second kappa shape index (κ2) is 7.88. The summed E-state index contributed by atoms with van der Waals surface area (Å²) in [6.45, 7) is 5.24. The minimum absolute atomic E-state index is 0.0721. The highest BCUT2D eigenvalue weighted by Gasteiger charge is 2.25. The third-order valence-corrected chi connectivity index (χ3v) is 4.76. The van der Waals surface area contributed by atoms with Crippen LogP contribution in [0.5, 0.6) is 5.75 Å². The third kappa shape index (κ3) is 4.52. The molecule has 0 bridgehead atoms. The normalized spacial score (nSPS) is 20.5. The number of amides is 1. The number of morpholine rings is 1. The molecule has 25 heavy (non-hydrogen) atoms. The van der Waals surface area contributed by atoms with E-state index in [1.54, 1.807) is 7.11 Å². The molecule has 1 aliphatic heterocycles. The molecule has 2 aromatic rings. The summed E-state index contributed by atoms with van der Waals surface area (Å²) in [6, 6.07) is 7.56. The van der Waals surface area contributed by atoms with Gasteiger partial charge in [-0.3, -0.25) is 9.89 Å². The standard InChI is InChI=1S/C17H22N4O3S/c1-11-8-21(9-12(2)24-11)15(22)10-25-17-18-16(19-20-17)13-4-6-14(23-3)7-5-13/h4-7,11-12H,8-10H2,1-3H3,(H,18,19,20)/t11-,12+. The summed E-state index contributed by atoms with van der Waals surface area (Å²) in [5, 5.41) is 7.66. The molecule has 1 amide bonds. The molecule has 1 N–H and O–H groups in total. The van der Waals surface area contributed by atoms with E-state index >= 15 is 0 Å². The SMILES string of the molecule is COc1ccc(-c2nc(SCC(=O)N3C[C@@H](C)O[C@@H](C)C3)n[nH]2)cc1. The molecule has 8 heteroatoms. The Morgan fingerprint density at radius 2 is 2.00 bits per heavy atom. The lowest BCUT2D eigenvalue weighted by molar-refractivity contribution is -0.140. The Kier molecular flexibility index (Phi) is 5.60. The Balaban J connectivity index is 1.57. The van der Waals surface area contributed by atoms with E-state index in [0.717, 1.165) is 11.3 Å². The van der Waals surface area contributed by atoms with Gasteiger partial charge in [0, 0.05) is 18.7 Å². The van der Waals surface area contributed by atoms with Gasteiger partial charge < -0.3 is 14.4 Å². The maximum Gasteiger partial charge on any atom is 0.233 e. The van der Waals surface area contributed by atoms with Gasteiger partial charge in [0.1, 0.15) is 5.75 Å². The molecule has 1 fully saturated rings. The van der Waals surface area contributed by atoms with Crippen molar-refractivity contribution in [3.63, 3.8) is 0 Å². The molecule has 0 unspecified atom stereocenters. The molecule has 1 aromatic carbocycles. The van der Waals surface area contributed by atoms with Crippen molar-refractivity contribution in [3.8, 4) is 17.1 Å². The summed E-state index contributed by atoms with van der Waals surface area (Å²) in [6.07, 6.45) is 0.144. The fraction of sp³-hybridized carbons (Fsp3) is 0.471. The van der Waals surface area contributed by atoms with Crippen LogP contribution in [0.1, 0.15) is 13.8 Å². The van der Waals surface area contributed by atoms with Crippen molar-refractivity contribution in [2.45, 2.75) is 31.2 Å². The molecular weight excluding hydrogens is 340 g/mol. The third-order valence-electron chi connectivity index (χ3n) is 3.93. The Morgan fingerprint density at radius 3 is 2.64 bits per heavy atom. The highest BCUT2D eigenvalue weighted by Crippen LogP contribution is 2.22. The highest BCUT2D eigenvalue weighted by molar-refractivity contribution is 7.99. The van der Waals surface area contributed by atoms with E-state index in [1.807, 2.05) is 43.0 Å². The first-order valence-corrected chi connectivity index (χ1v) is 9.16. The van der Waals surface area contributed by atoms with Crippen molar-refractivity contribution < 1.29 is 14.3 Å². The van der Waals surface area contributed by atoms with E-state index in [0.29, 0.717) is 29.8 Å². The molecule has 7 nitrogen and oxygen atoms in total. The molecule has 0 saturated carbocycles. The average molecular weight is 362 g/mol. The number of nitrogens with zero attached hydrogens (tertiary/aromatic N) is 3. The fourth-order valence-corrected chi connectivity index (χ4v) is 3.49. The number of aromatic nitrogens is 3. The highest BCUT2D eigenvalue weighted by atomic mass is 32.2. The number of hydrogen-bond donors (Lipinski definition) is 1. The van der Waals surface area contributed by atoms with E-state index in [-0.39, 0.29) is 18.1 Å². The van der Waals surface area contributed by atoms with Crippen LogP contribution in [0.4, 0.5) is 0 Å². The Hall–Kier alpha value is -2.06. The number of carbonyl (C=O) groups is 1. The van der Waals surface area contributed by atoms with Crippen molar-refractivity contribution in [1.82, 2.24) is 20.1 Å². The van der Waals surface area contributed by atoms with Crippen molar-refractivity contribution in [2.24, 2.45) is 0 Å². The minimum atomic E-state index is 0.0721. The molecule has 1 aliphatic rings. The quantitative estimate of drug-likeness (QED) is 0.822. The lowest BCUT2D eigenvalue weighted by Crippen LogP contribution is -2.48. The second-order valence-electron chi connectivity index (χ2n) is 6.04. The molecule has 0 radical (unpaired) electrons. The van der Waals surface area contributed by atoms with E-state index in [9.17, 15) is 4.79 Å². The largest absolute Gasteiger partial charge is 0.497 e. The minimum Gasteiger partial charge on any atom is -0.497 e. The van der Waals surface area contributed by atoms with Gasteiger partial charge >= 0.3 is 0 Å². The van der Waals surface area contributed by atoms with Gasteiger partial charge in [-0.25, -0.2) is 4.98 Å². The van der Waals surface area contributed by atoms with Crippen LogP contribution >= 0.6 is 11.8 Å². The first-order valence-electron chi connectivity index (χ1n) is 8.18. The summed E-state index contributed by atoms with van der Waals surface area (Å²) < 4.78 is 10.8. The number of H-pyrrole nitrogens is 1. The maximum atomic E-state index is 12.4. The number of methoxy groups -OCH3 is 1. The van der Waals surface area contributed by atoms with Gasteiger partial charge in [-0.15, -0.1) is 5.10 Å². The number of thioether (sulfide) groups is 1. The summed E-state index contributed by atoms with van der Waals surface area (Å²) >= 11 is 1.34. The van der Waals surface area contributed by atoms with E-state index in [2.05, 4.69) is 15.2 Å². The van der Waals surface area contributed by atoms with Crippen LogP contribution in [0.15, 0.2) is 29.4 Å². The van der Waals surface area contributed by atoms with Crippen LogP contribution in [0.2, 0.25) is 0 Å². The first-order chi connectivity index (χ1) is 12.0. The lowest BCUT2D eigenvalue weighted by Gasteiger charge is -2.35. The van der Waals surface area contributed by atoms with Crippen LogP contribution in [0, 0.1) is 0 Å². The number of carbonyl (C=O) groups excluding carboxylic acids is 1. The predicted molar refractivity (Wildman–Crippen MR) is 95.7 cm³/mol. The van der Waals surface area contributed by atoms with Crippen molar-refractivity contribution in [2.75, 3.05) is 26.0 Å². The van der Waals surface area contributed by atoms with Crippen molar-refractivity contribution >= 4 is 17.7 Å². The van der Waals surface area contributed by atoms with Crippen LogP contribution in [0.25, 0.3) is 11.4 Å². The van der Waals surface area contributed by atoms with E-state index in [1.165, 1.54) is 11.8 Å². The number of aromatic amines is 1. The van der Waals surface area contributed by atoms with Gasteiger partial charge in [0.25, 0.3) is 0 Å². The zero-order valence-corrected chi connectivity index (χ0v) is 15.4. The number of benzene rings is 1. The summed E-state index contributed by atoms with van der Waals surface area (Å²) in [4.78, 5) is 18.7. The van der Waals surface area contributed by atoms with Gasteiger partial charge in [0.15, 0.2) is 5.82 Å². The molecule has 2 heterocycles. The monoisotopic (exact) mass is 362 g/mol. The molecule has 2 atom stereocenters. The molecule has 0 spiro atoms. The van der Waals surface area contributed by atoms with Crippen molar-refractivity contribution in [1.29, 1.82) is 0 Å². The second-order valence-corrected chi connectivity index (χ2v) is 6.98. The number of ether oxygens (including phenoxy) is 2. The fourth-order valence-electron chi connectivity index (χ4n) is 2.79. The van der Waals surface area contributed by atoms with Crippen molar-refractivity contribution in [3.05, 3.63) is 24.3 Å². The average Bonchev–Trinajstić information content (AvgIpc) is 3.08. The van der Waals surface area contributed by atoms with Crippen LogP contribution < -0.4 is 4.74 Å². The van der Waals surface area contributed by atoms with Gasteiger partial charge in [0.2, 0.25) is 11.1 Å². The van der Waals surface area contributed by atoms with Crippen LogP contribution in [0.3, 0.4) is 0 Å². The Bertz CT molecular complexity index is 709. The summed E-state index contributed by atoms with van der Waals surface area (Å²) in [5.41, 5.74) is 0.919. The first kappa shape index (κ1) is 17.8. The zero-order valence-electron chi connectivity index (χ0n) is 14.6. The molecular formula is C17H22N4O3S.